The number of pyridine rings is 1. The minimum Gasteiger partial charge on any atom is -0.503 e. The lowest BCUT2D eigenvalue weighted by Crippen LogP contribution is -1.87. The maximum atomic E-state index is 10.6. The highest BCUT2D eigenvalue weighted by Gasteiger charge is 2.19. The van der Waals surface area contributed by atoms with Crippen LogP contribution >= 0.6 is 15.9 Å². The number of carbonyl (C=O) groups is 1. The van der Waals surface area contributed by atoms with Gasteiger partial charge in [0.1, 0.15) is 5.69 Å². The second-order valence-corrected chi connectivity index (χ2v) is 4.27. The molecular weight excluding hydrogens is 304 g/mol. The third-order valence-corrected chi connectivity index (χ3v) is 2.86. The number of aldehydes is 1. The molecular formula is C11H5BrN2O4. The number of hydrogen-bond donors (Lipinski definition) is 1. The fourth-order valence-electron chi connectivity index (χ4n) is 1.60. The molecule has 7 heteroatoms. The Labute approximate surface area is 108 Å². The summed E-state index contributed by atoms with van der Waals surface area (Å²) >= 11 is 3.18. The van der Waals surface area contributed by atoms with Crippen molar-refractivity contribution < 1.29 is 18.8 Å². The predicted molar refractivity (Wildman–Crippen MR) is 64.3 cm³/mol. The molecule has 0 atom stereocenters. The Hall–Kier alpha value is -2.15. The predicted octanol–water partition coefficient (Wildman–Crippen LogP) is 2.76. The Morgan fingerprint density at radius 1 is 1.39 bits per heavy atom. The first-order chi connectivity index (χ1) is 8.70. The lowest BCUT2D eigenvalue weighted by atomic mass is 10.2. The van der Waals surface area contributed by atoms with Crippen LogP contribution in [0.4, 0.5) is 0 Å². The molecule has 6 nitrogen and oxygen atoms in total. The van der Waals surface area contributed by atoms with Crippen LogP contribution in [0.3, 0.4) is 0 Å². The number of aromatic nitrogens is 2. The summed E-state index contributed by atoms with van der Waals surface area (Å²) < 4.78 is 10.9. The van der Waals surface area contributed by atoms with E-state index >= 15 is 0 Å². The molecule has 3 heterocycles. The van der Waals surface area contributed by atoms with Gasteiger partial charge in [-0.05, 0) is 28.1 Å². The SMILES string of the molecule is O=Cc1ncc2c(-c3ccc(Br)o3)noc2c1O. The number of carbonyl (C=O) groups excluding carboxylic acids is 1. The lowest BCUT2D eigenvalue weighted by Gasteiger charge is -1.95. The van der Waals surface area contributed by atoms with Crippen LogP contribution in [0.25, 0.3) is 22.4 Å². The molecule has 0 radical (unpaired) electrons. The summed E-state index contributed by atoms with van der Waals surface area (Å²) in [5.74, 6) is 0.146. The number of nitrogens with zero attached hydrogens (tertiary/aromatic N) is 2. The van der Waals surface area contributed by atoms with Gasteiger partial charge in [0, 0.05) is 6.20 Å². The molecule has 3 aromatic heterocycles. The van der Waals surface area contributed by atoms with Gasteiger partial charge in [-0.1, -0.05) is 5.16 Å². The summed E-state index contributed by atoms with van der Waals surface area (Å²) in [6.45, 7) is 0. The summed E-state index contributed by atoms with van der Waals surface area (Å²) in [4.78, 5) is 14.5. The maximum absolute atomic E-state index is 10.6. The zero-order valence-corrected chi connectivity index (χ0v) is 10.3. The van der Waals surface area contributed by atoms with Gasteiger partial charge in [-0.15, -0.1) is 0 Å². The van der Waals surface area contributed by atoms with Crippen molar-refractivity contribution in [1.29, 1.82) is 0 Å². The summed E-state index contributed by atoms with van der Waals surface area (Å²) in [6, 6.07) is 3.41. The molecule has 0 saturated heterocycles. The normalized spacial score (nSPS) is 10.9. The van der Waals surface area contributed by atoms with Crippen molar-refractivity contribution in [1.82, 2.24) is 10.1 Å². The van der Waals surface area contributed by atoms with Crippen molar-refractivity contribution in [2.24, 2.45) is 0 Å². The smallest absolute Gasteiger partial charge is 0.213 e. The lowest BCUT2D eigenvalue weighted by molar-refractivity contribution is 0.111. The van der Waals surface area contributed by atoms with E-state index in [9.17, 15) is 9.90 Å². The van der Waals surface area contributed by atoms with Crippen molar-refractivity contribution in [2.75, 3.05) is 0 Å². The van der Waals surface area contributed by atoms with E-state index in [1.807, 2.05) is 0 Å². The third kappa shape index (κ3) is 1.52. The van der Waals surface area contributed by atoms with Crippen LogP contribution in [-0.2, 0) is 0 Å². The highest BCUT2D eigenvalue weighted by molar-refractivity contribution is 9.10. The first kappa shape index (κ1) is 11.0. The van der Waals surface area contributed by atoms with Crippen LogP contribution in [0, 0.1) is 0 Å². The molecule has 3 aromatic rings. The molecule has 0 bridgehead atoms. The Morgan fingerprint density at radius 2 is 2.22 bits per heavy atom. The van der Waals surface area contributed by atoms with Gasteiger partial charge in [-0.2, -0.15) is 0 Å². The largest absolute Gasteiger partial charge is 0.503 e. The van der Waals surface area contributed by atoms with E-state index in [0.717, 1.165) is 0 Å². The van der Waals surface area contributed by atoms with Crippen LogP contribution < -0.4 is 0 Å². The second kappa shape index (κ2) is 3.95. The number of hydrogen-bond acceptors (Lipinski definition) is 6. The second-order valence-electron chi connectivity index (χ2n) is 3.49. The molecule has 0 fully saturated rings. The molecule has 0 amide bonds. The van der Waals surface area contributed by atoms with Crippen LogP contribution in [0.5, 0.6) is 5.75 Å². The van der Waals surface area contributed by atoms with E-state index in [-0.39, 0.29) is 17.0 Å². The Kier molecular flexibility index (Phi) is 2.41. The molecule has 0 spiro atoms. The first-order valence-electron chi connectivity index (χ1n) is 4.89. The molecule has 0 unspecified atom stereocenters. The van der Waals surface area contributed by atoms with Crippen molar-refractivity contribution in [2.45, 2.75) is 0 Å². The quantitative estimate of drug-likeness (QED) is 0.732. The van der Waals surface area contributed by atoms with Crippen LogP contribution in [-0.4, -0.2) is 21.5 Å². The van der Waals surface area contributed by atoms with Gasteiger partial charge in [0.05, 0.1) is 5.39 Å². The number of rotatable bonds is 2. The summed E-state index contributed by atoms with van der Waals surface area (Å²) in [5.41, 5.74) is 0.427. The molecule has 0 aliphatic carbocycles. The molecule has 3 rings (SSSR count). The van der Waals surface area contributed by atoms with Crippen molar-refractivity contribution in [3.05, 3.63) is 28.7 Å². The summed E-state index contributed by atoms with van der Waals surface area (Å²) in [5, 5.41) is 14.0. The van der Waals surface area contributed by atoms with Gasteiger partial charge in [-0.25, -0.2) is 4.98 Å². The van der Waals surface area contributed by atoms with Gasteiger partial charge in [0.25, 0.3) is 0 Å². The minimum atomic E-state index is -0.327. The van der Waals surface area contributed by atoms with Crippen molar-refractivity contribution in [3.8, 4) is 17.2 Å². The number of fused-ring (bicyclic) bond motifs is 1. The fourth-order valence-corrected chi connectivity index (χ4v) is 1.91. The van der Waals surface area contributed by atoms with Gasteiger partial charge >= 0.3 is 0 Å². The van der Waals surface area contributed by atoms with E-state index in [1.165, 1.54) is 6.20 Å². The third-order valence-electron chi connectivity index (χ3n) is 2.44. The molecule has 90 valence electrons. The highest BCUT2D eigenvalue weighted by atomic mass is 79.9. The Morgan fingerprint density at radius 3 is 2.89 bits per heavy atom. The van der Waals surface area contributed by atoms with Gasteiger partial charge < -0.3 is 14.0 Å². The molecule has 1 N–H and O–H groups in total. The van der Waals surface area contributed by atoms with E-state index in [1.54, 1.807) is 12.1 Å². The zero-order chi connectivity index (χ0) is 12.7. The zero-order valence-electron chi connectivity index (χ0n) is 8.75. The standard InChI is InChI=1S/C11H5BrN2O4/c12-8-2-1-7(17-8)9-5-3-13-6(4-15)10(16)11(5)18-14-9/h1-4,16H. The Balaban J connectivity index is 2.27. The van der Waals surface area contributed by atoms with Crippen molar-refractivity contribution in [3.63, 3.8) is 0 Å². The molecule has 0 saturated carbocycles. The van der Waals surface area contributed by atoms with Crippen LogP contribution in [0.1, 0.15) is 10.5 Å². The summed E-state index contributed by atoms with van der Waals surface area (Å²) in [6.07, 6.45) is 1.85. The van der Waals surface area contributed by atoms with E-state index in [2.05, 4.69) is 26.1 Å². The van der Waals surface area contributed by atoms with E-state index in [0.29, 0.717) is 27.8 Å². The van der Waals surface area contributed by atoms with E-state index < -0.39 is 0 Å². The van der Waals surface area contributed by atoms with Crippen LogP contribution in [0.2, 0.25) is 0 Å². The van der Waals surface area contributed by atoms with E-state index in [4.69, 9.17) is 8.94 Å². The minimum absolute atomic E-state index is 0.0918. The topological polar surface area (TPSA) is 89.4 Å². The molecule has 0 aliphatic heterocycles. The molecule has 0 aromatic carbocycles. The highest BCUT2D eigenvalue weighted by Crippen LogP contribution is 2.34. The average Bonchev–Trinajstić information content (AvgIpc) is 2.96. The fraction of sp³-hybridized carbons (Fsp3) is 0. The molecule has 18 heavy (non-hydrogen) atoms. The first-order valence-corrected chi connectivity index (χ1v) is 5.68. The molecule has 0 aliphatic rings. The van der Waals surface area contributed by atoms with Gasteiger partial charge in [-0.3, -0.25) is 4.79 Å². The number of halogens is 1. The number of furan rings is 1. The maximum Gasteiger partial charge on any atom is 0.213 e. The number of aromatic hydroxyl groups is 1. The van der Waals surface area contributed by atoms with Crippen LogP contribution in [0.15, 0.2) is 31.9 Å². The Bertz CT molecular complexity index is 747. The van der Waals surface area contributed by atoms with Gasteiger partial charge in [0.15, 0.2) is 28.2 Å². The average molecular weight is 309 g/mol. The van der Waals surface area contributed by atoms with Gasteiger partial charge in [0.2, 0.25) is 5.58 Å². The summed E-state index contributed by atoms with van der Waals surface area (Å²) in [7, 11) is 0. The van der Waals surface area contributed by atoms with Crippen molar-refractivity contribution >= 4 is 33.2 Å². The monoisotopic (exact) mass is 308 g/mol.